The van der Waals surface area contributed by atoms with Crippen molar-refractivity contribution in [2.24, 2.45) is 0 Å². The van der Waals surface area contributed by atoms with Gasteiger partial charge in [0.25, 0.3) is 5.91 Å². The van der Waals surface area contributed by atoms with E-state index in [1.165, 1.54) is 0 Å². The van der Waals surface area contributed by atoms with E-state index in [1.807, 2.05) is 0 Å². The van der Waals surface area contributed by atoms with Crippen molar-refractivity contribution in [3.8, 4) is 0 Å². The summed E-state index contributed by atoms with van der Waals surface area (Å²) in [5, 5.41) is 7.91. The molecule has 5 nitrogen and oxygen atoms in total. The largest absolute Gasteiger partial charge is 0.318 e. The number of hydrogen-bond donors (Lipinski definition) is 1. The van der Waals surface area contributed by atoms with Crippen molar-refractivity contribution in [3.05, 3.63) is 34.0 Å². The van der Waals surface area contributed by atoms with E-state index in [4.69, 9.17) is 0 Å². The molecule has 0 saturated heterocycles. The number of nitrogens with one attached hydrogen (secondary N) is 1. The third-order valence-corrected chi connectivity index (χ3v) is 2.74. The van der Waals surface area contributed by atoms with E-state index >= 15 is 0 Å². The van der Waals surface area contributed by atoms with Gasteiger partial charge in [-0.3, -0.25) is 4.79 Å². The Bertz CT molecular complexity index is 473. The van der Waals surface area contributed by atoms with Gasteiger partial charge in [-0.05, 0) is 39.6 Å². The van der Waals surface area contributed by atoms with Crippen LogP contribution in [0.1, 0.15) is 10.5 Å². The van der Waals surface area contributed by atoms with Crippen LogP contribution in [0, 0.1) is 0 Å². The predicted octanol–water partition coefficient (Wildman–Crippen LogP) is 1.95. The van der Waals surface area contributed by atoms with E-state index in [-0.39, 0.29) is 5.91 Å². The van der Waals surface area contributed by atoms with Crippen molar-refractivity contribution < 1.29 is 4.79 Å². The molecule has 0 aliphatic rings. The minimum atomic E-state index is -0.294. The Kier molecular flexibility index (Phi) is 3.02. The van der Waals surface area contributed by atoms with Gasteiger partial charge in [-0.2, -0.15) is 0 Å². The fraction of sp³-hybridized carbons (Fsp3) is 0. The molecule has 15 heavy (non-hydrogen) atoms. The summed E-state index contributed by atoms with van der Waals surface area (Å²) in [6, 6.07) is 3.48. The minimum absolute atomic E-state index is 0.294. The Morgan fingerprint density at radius 3 is 3.07 bits per heavy atom. The Balaban J connectivity index is 2.17. The van der Waals surface area contributed by atoms with Crippen LogP contribution in [0.2, 0.25) is 0 Å². The van der Waals surface area contributed by atoms with E-state index in [9.17, 15) is 4.79 Å². The van der Waals surface area contributed by atoms with E-state index in [0.29, 0.717) is 16.0 Å². The van der Waals surface area contributed by atoms with Crippen LogP contribution in [0.5, 0.6) is 0 Å². The summed E-state index contributed by atoms with van der Waals surface area (Å²) in [6.45, 7) is 0. The monoisotopic (exact) mass is 284 g/mol. The van der Waals surface area contributed by atoms with Gasteiger partial charge in [0.2, 0.25) is 0 Å². The van der Waals surface area contributed by atoms with Gasteiger partial charge in [-0.25, -0.2) is 4.98 Å². The highest BCUT2D eigenvalue weighted by molar-refractivity contribution is 9.10. The molecule has 0 radical (unpaired) electrons. The second-order valence-corrected chi connectivity index (χ2v) is 3.95. The van der Waals surface area contributed by atoms with Crippen LogP contribution in [0.3, 0.4) is 0 Å². The predicted molar refractivity (Wildman–Crippen MR) is 59.8 cm³/mol. The first kappa shape index (κ1) is 10.2. The molecule has 76 valence electrons. The van der Waals surface area contributed by atoms with Crippen molar-refractivity contribution in [2.75, 3.05) is 5.32 Å². The van der Waals surface area contributed by atoms with Crippen LogP contribution < -0.4 is 5.32 Å². The first-order chi connectivity index (χ1) is 7.27. The number of pyridine rings is 1. The summed E-state index contributed by atoms with van der Waals surface area (Å²) < 4.78 is 4.20. The highest BCUT2D eigenvalue weighted by atomic mass is 79.9. The van der Waals surface area contributed by atoms with Crippen molar-refractivity contribution in [1.82, 2.24) is 14.6 Å². The van der Waals surface area contributed by atoms with Crippen LogP contribution in [0.25, 0.3) is 0 Å². The zero-order chi connectivity index (χ0) is 10.7. The van der Waals surface area contributed by atoms with Crippen molar-refractivity contribution >= 4 is 39.1 Å². The first-order valence-electron chi connectivity index (χ1n) is 3.96. The molecule has 0 fully saturated rings. The van der Waals surface area contributed by atoms with Crippen molar-refractivity contribution in [1.29, 1.82) is 0 Å². The van der Waals surface area contributed by atoms with Crippen LogP contribution in [0.4, 0.5) is 5.69 Å². The molecule has 1 N–H and O–H groups in total. The lowest BCUT2D eigenvalue weighted by molar-refractivity contribution is 0.102. The molecule has 1 amide bonds. The third kappa shape index (κ3) is 2.37. The van der Waals surface area contributed by atoms with Crippen LogP contribution >= 0.6 is 27.5 Å². The lowest BCUT2D eigenvalue weighted by atomic mass is 10.4. The zero-order valence-electron chi connectivity index (χ0n) is 7.35. The number of carbonyl (C=O) groups is 1. The second-order valence-electron chi connectivity index (χ2n) is 2.59. The molecular formula is C8H5BrN4OS. The summed E-state index contributed by atoms with van der Waals surface area (Å²) in [7, 11) is 0. The molecule has 0 aliphatic carbocycles. The molecule has 2 heterocycles. The number of halogens is 1. The standard InChI is InChI=1S/C8H5BrN4OS/c9-7-5(2-1-3-10-7)11-8(14)6-4-15-13-12-6/h1-4H,(H,11,14). The Hall–Kier alpha value is -1.34. The van der Waals surface area contributed by atoms with E-state index in [1.54, 1.807) is 23.7 Å². The second kappa shape index (κ2) is 4.45. The van der Waals surface area contributed by atoms with E-state index in [0.717, 1.165) is 11.5 Å². The molecule has 0 aliphatic heterocycles. The summed E-state index contributed by atoms with van der Waals surface area (Å²) in [5.74, 6) is -0.294. The zero-order valence-corrected chi connectivity index (χ0v) is 9.75. The quantitative estimate of drug-likeness (QED) is 0.856. The maximum absolute atomic E-state index is 11.6. The van der Waals surface area contributed by atoms with Crippen LogP contribution in [-0.4, -0.2) is 20.5 Å². The van der Waals surface area contributed by atoms with Gasteiger partial charge in [-0.1, -0.05) is 4.49 Å². The fourth-order valence-electron chi connectivity index (χ4n) is 0.929. The molecular weight excluding hydrogens is 280 g/mol. The van der Waals surface area contributed by atoms with Gasteiger partial charge in [-0.15, -0.1) is 5.10 Å². The average molecular weight is 285 g/mol. The molecule has 2 aromatic rings. The summed E-state index contributed by atoms with van der Waals surface area (Å²) in [4.78, 5) is 15.6. The molecule has 7 heteroatoms. The molecule has 0 bridgehead atoms. The molecule has 0 spiro atoms. The van der Waals surface area contributed by atoms with Crippen molar-refractivity contribution in [3.63, 3.8) is 0 Å². The highest BCUT2D eigenvalue weighted by Crippen LogP contribution is 2.18. The van der Waals surface area contributed by atoms with Gasteiger partial charge >= 0.3 is 0 Å². The van der Waals surface area contributed by atoms with Gasteiger partial charge < -0.3 is 5.32 Å². The minimum Gasteiger partial charge on any atom is -0.318 e. The maximum Gasteiger partial charge on any atom is 0.277 e. The lowest BCUT2D eigenvalue weighted by Gasteiger charge is -2.03. The van der Waals surface area contributed by atoms with E-state index < -0.39 is 0 Å². The fourth-order valence-corrected chi connectivity index (χ4v) is 1.71. The van der Waals surface area contributed by atoms with Crippen LogP contribution in [0.15, 0.2) is 28.3 Å². The molecule has 0 aromatic carbocycles. The lowest BCUT2D eigenvalue weighted by Crippen LogP contribution is -2.12. The summed E-state index contributed by atoms with van der Waals surface area (Å²) >= 11 is 4.36. The molecule has 2 aromatic heterocycles. The maximum atomic E-state index is 11.6. The summed E-state index contributed by atoms with van der Waals surface area (Å²) in [6.07, 6.45) is 1.63. The van der Waals surface area contributed by atoms with E-state index in [2.05, 4.69) is 35.8 Å². The first-order valence-corrected chi connectivity index (χ1v) is 5.59. The molecule has 2 rings (SSSR count). The number of rotatable bonds is 2. The number of carbonyl (C=O) groups excluding carboxylic acids is 1. The molecule has 0 unspecified atom stereocenters. The van der Waals surface area contributed by atoms with Crippen LogP contribution in [-0.2, 0) is 0 Å². The van der Waals surface area contributed by atoms with Gasteiger partial charge in [0.1, 0.15) is 4.60 Å². The smallest absolute Gasteiger partial charge is 0.277 e. The summed E-state index contributed by atoms with van der Waals surface area (Å²) in [5.41, 5.74) is 0.909. The number of amides is 1. The Morgan fingerprint density at radius 1 is 1.53 bits per heavy atom. The average Bonchev–Trinajstić information content (AvgIpc) is 2.74. The third-order valence-electron chi connectivity index (χ3n) is 1.60. The van der Waals surface area contributed by atoms with Gasteiger partial charge in [0.15, 0.2) is 5.69 Å². The Morgan fingerprint density at radius 2 is 2.40 bits per heavy atom. The van der Waals surface area contributed by atoms with Gasteiger partial charge in [0.05, 0.1) is 5.69 Å². The number of nitrogens with zero attached hydrogens (tertiary/aromatic N) is 3. The number of aromatic nitrogens is 3. The van der Waals surface area contributed by atoms with Crippen molar-refractivity contribution in [2.45, 2.75) is 0 Å². The number of hydrogen-bond acceptors (Lipinski definition) is 5. The normalized spacial score (nSPS) is 9.93. The Labute approximate surface area is 97.8 Å². The molecule has 0 atom stereocenters. The SMILES string of the molecule is O=C(Nc1cccnc1Br)c1csnn1. The topological polar surface area (TPSA) is 67.8 Å². The number of anilines is 1. The molecule has 0 saturated carbocycles. The highest BCUT2D eigenvalue weighted by Gasteiger charge is 2.10. The van der Waals surface area contributed by atoms with Gasteiger partial charge in [0, 0.05) is 11.6 Å².